The van der Waals surface area contributed by atoms with Gasteiger partial charge in [-0.1, -0.05) is 60.1 Å². The van der Waals surface area contributed by atoms with E-state index in [1.165, 1.54) is 7.11 Å². The van der Waals surface area contributed by atoms with Crippen molar-refractivity contribution in [3.8, 4) is 16.9 Å². The fourth-order valence-electron chi connectivity index (χ4n) is 2.48. The van der Waals surface area contributed by atoms with Crippen molar-refractivity contribution in [1.82, 2.24) is 0 Å². The van der Waals surface area contributed by atoms with E-state index < -0.39 is 5.97 Å². The van der Waals surface area contributed by atoms with Crippen molar-refractivity contribution in [3.05, 3.63) is 88.9 Å². The van der Waals surface area contributed by atoms with Crippen molar-refractivity contribution in [2.24, 2.45) is 0 Å². The van der Waals surface area contributed by atoms with E-state index in [-0.39, 0.29) is 0 Å². The zero-order valence-electron chi connectivity index (χ0n) is 13.7. The van der Waals surface area contributed by atoms with Gasteiger partial charge in [-0.15, -0.1) is 0 Å². The Labute approximate surface area is 151 Å². The average molecular weight is 353 g/mol. The SMILES string of the molecule is COC(=O)c1ccc(-c2cccc(OCc3ccccc3)c2)cc1Cl. The zero-order valence-corrected chi connectivity index (χ0v) is 14.5. The van der Waals surface area contributed by atoms with Crippen LogP contribution in [0, 0.1) is 0 Å². The summed E-state index contributed by atoms with van der Waals surface area (Å²) in [6.45, 7) is 0.506. The van der Waals surface area contributed by atoms with Gasteiger partial charge >= 0.3 is 5.97 Å². The minimum Gasteiger partial charge on any atom is -0.489 e. The largest absolute Gasteiger partial charge is 0.489 e. The van der Waals surface area contributed by atoms with Gasteiger partial charge in [0.1, 0.15) is 12.4 Å². The molecule has 0 unspecified atom stereocenters. The third kappa shape index (κ3) is 4.20. The number of methoxy groups -OCH3 is 1. The highest BCUT2D eigenvalue weighted by molar-refractivity contribution is 6.33. The van der Waals surface area contributed by atoms with Gasteiger partial charge in [0.05, 0.1) is 17.7 Å². The summed E-state index contributed by atoms with van der Waals surface area (Å²) < 4.78 is 10.6. The first-order valence-corrected chi connectivity index (χ1v) is 8.20. The highest BCUT2D eigenvalue weighted by Crippen LogP contribution is 2.28. The highest BCUT2D eigenvalue weighted by atomic mass is 35.5. The van der Waals surface area contributed by atoms with Crippen LogP contribution in [0.25, 0.3) is 11.1 Å². The molecule has 0 amide bonds. The van der Waals surface area contributed by atoms with Gasteiger partial charge in [0, 0.05) is 0 Å². The first-order valence-electron chi connectivity index (χ1n) is 7.82. The van der Waals surface area contributed by atoms with E-state index in [9.17, 15) is 4.79 Å². The lowest BCUT2D eigenvalue weighted by Crippen LogP contribution is -2.01. The maximum absolute atomic E-state index is 11.6. The molecule has 0 radical (unpaired) electrons. The Balaban J connectivity index is 1.79. The standard InChI is InChI=1S/C21H17ClO3/c1-24-21(23)19-11-10-17(13-20(19)22)16-8-5-9-18(12-16)25-14-15-6-3-2-4-7-15/h2-13H,14H2,1H3. The molecule has 0 saturated carbocycles. The Morgan fingerprint density at radius 1 is 0.920 bits per heavy atom. The second-order valence-corrected chi connectivity index (χ2v) is 5.90. The maximum Gasteiger partial charge on any atom is 0.339 e. The monoisotopic (exact) mass is 352 g/mol. The Morgan fingerprint density at radius 3 is 2.40 bits per heavy atom. The number of rotatable bonds is 5. The normalized spacial score (nSPS) is 10.3. The maximum atomic E-state index is 11.6. The first kappa shape index (κ1) is 17.1. The lowest BCUT2D eigenvalue weighted by molar-refractivity contribution is 0.0601. The van der Waals surface area contributed by atoms with Gasteiger partial charge < -0.3 is 9.47 Å². The van der Waals surface area contributed by atoms with Crippen LogP contribution in [0.2, 0.25) is 5.02 Å². The second-order valence-electron chi connectivity index (χ2n) is 5.49. The molecule has 0 saturated heterocycles. The minimum atomic E-state index is -0.448. The van der Waals surface area contributed by atoms with E-state index in [4.69, 9.17) is 21.1 Å². The molecule has 0 aliphatic rings. The minimum absolute atomic E-state index is 0.351. The predicted molar refractivity (Wildman–Crippen MR) is 99.0 cm³/mol. The molecule has 0 aromatic heterocycles. The molecule has 0 aliphatic heterocycles. The summed E-state index contributed by atoms with van der Waals surface area (Å²) in [5.41, 5.74) is 3.33. The van der Waals surface area contributed by atoms with E-state index in [1.54, 1.807) is 12.1 Å². The van der Waals surface area contributed by atoms with Crippen molar-refractivity contribution in [1.29, 1.82) is 0 Å². The quantitative estimate of drug-likeness (QED) is 0.579. The number of carbonyl (C=O) groups is 1. The van der Waals surface area contributed by atoms with E-state index in [2.05, 4.69) is 0 Å². The Hall–Kier alpha value is -2.78. The van der Waals surface area contributed by atoms with Crippen LogP contribution in [0.4, 0.5) is 0 Å². The van der Waals surface area contributed by atoms with E-state index in [0.717, 1.165) is 22.4 Å². The molecule has 4 heteroatoms. The van der Waals surface area contributed by atoms with Gasteiger partial charge in [0.2, 0.25) is 0 Å². The van der Waals surface area contributed by atoms with Crippen molar-refractivity contribution in [3.63, 3.8) is 0 Å². The number of halogens is 1. The van der Waals surface area contributed by atoms with E-state index in [0.29, 0.717) is 17.2 Å². The number of hydrogen-bond acceptors (Lipinski definition) is 3. The van der Waals surface area contributed by atoms with Crippen molar-refractivity contribution in [2.75, 3.05) is 7.11 Å². The van der Waals surface area contributed by atoms with Crippen molar-refractivity contribution in [2.45, 2.75) is 6.61 Å². The number of hydrogen-bond donors (Lipinski definition) is 0. The van der Waals surface area contributed by atoms with Crippen LogP contribution >= 0.6 is 11.6 Å². The predicted octanol–water partition coefficient (Wildman–Crippen LogP) is 5.37. The molecular weight excluding hydrogens is 336 g/mol. The molecule has 0 spiro atoms. The molecule has 0 aliphatic carbocycles. The lowest BCUT2D eigenvalue weighted by Gasteiger charge is -2.10. The first-order chi connectivity index (χ1) is 12.2. The summed E-state index contributed by atoms with van der Waals surface area (Å²) in [7, 11) is 1.33. The van der Waals surface area contributed by atoms with Gasteiger partial charge in [-0.2, -0.15) is 0 Å². The summed E-state index contributed by atoms with van der Waals surface area (Å²) in [6, 6.07) is 23.0. The van der Waals surface area contributed by atoms with Gasteiger partial charge in [0.25, 0.3) is 0 Å². The van der Waals surface area contributed by atoms with Gasteiger partial charge in [0.15, 0.2) is 0 Å². The fourth-order valence-corrected chi connectivity index (χ4v) is 2.73. The van der Waals surface area contributed by atoms with Crippen molar-refractivity contribution < 1.29 is 14.3 Å². The summed E-state index contributed by atoms with van der Waals surface area (Å²) in [5, 5.41) is 0.361. The van der Waals surface area contributed by atoms with Gasteiger partial charge in [-0.25, -0.2) is 4.79 Å². The van der Waals surface area contributed by atoms with Crippen LogP contribution in [0.5, 0.6) is 5.75 Å². The molecule has 3 aromatic rings. The molecule has 126 valence electrons. The molecule has 0 N–H and O–H groups in total. The molecule has 0 heterocycles. The Kier molecular flexibility index (Phi) is 5.36. The van der Waals surface area contributed by atoms with Crippen LogP contribution in [0.1, 0.15) is 15.9 Å². The molecule has 0 atom stereocenters. The lowest BCUT2D eigenvalue weighted by atomic mass is 10.0. The molecule has 0 fully saturated rings. The Morgan fingerprint density at radius 2 is 1.68 bits per heavy atom. The topological polar surface area (TPSA) is 35.5 Å². The third-order valence-corrected chi connectivity index (χ3v) is 4.10. The van der Waals surface area contributed by atoms with Crippen LogP contribution in [0.15, 0.2) is 72.8 Å². The third-order valence-electron chi connectivity index (χ3n) is 3.79. The van der Waals surface area contributed by atoms with E-state index >= 15 is 0 Å². The number of esters is 1. The highest BCUT2D eigenvalue weighted by Gasteiger charge is 2.11. The summed E-state index contributed by atoms with van der Waals surface area (Å²) in [6.07, 6.45) is 0. The van der Waals surface area contributed by atoms with E-state index in [1.807, 2.05) is 60.7 Å². The molecular formula is C21H17ClO3. The molecule has 0 bridgehead atoms. The van der Waals surface area contributed by atoms with Gasteiger partial charge in [-0.05, 0) is 41.0 Å². The summed E-state index contributed by atoms with van der Waals surface area (Å²) >= 11 is 6.20. The second kappa shape index (κ2) is 7.86. The van der Waals surface area contributed by atoms with Crippen molar-refractivity contribution >= 4 is 17.6 Å². The smallest absolute Gasteiger partial charge is 0.339 e. The molecule has 3 nitrogen and oxygen atoms in total. The fraction of sp³-hybridized carbons (Fsp3) is 0.0952. The van der Waals surface area contributed by atoms with Crippen LogP contribution in [0.3, 0.4) is 0 Å². The Bertz CT molecular complexity index is 875. The van der Waals surface area contributed by atoms with Crippen LogP contribution < -0.4 is 4.74 Å². The number of benzene rings is 3. The molecule has 3 rings (SSSR count). The van der Waals surface area contributed by atoms with Gasteiger partial charge in [-0.3, -0.25) is 0 Å². The molecule has 3 aromatic carbocycles. The number of carbonyl (C=O) groups excluding carboxylic acids is 1. The molecule has 25 heavy (non-hydrogen) atoms. The average Bonchev–Trinajstić information content (AvgIpc) is 2.67. The van der Waals surface area contributed by atoms with Crippen LogP contribution in [-0.4, -0.2) is 13.1 Å². The van der Waals surface area contributed by atoms with Crippen LogP contribution in [-0.2, 0) is 11.3 Å². The summed E-state index contributed by atoms with van der Waals surface area (Å²) in [4.78, 5) is 11.6. The zero-order chi connectivity index (χ0) is 17.6. The number of ether oxygens (including phenoxy) is 2. The summed E-state index contributed by atoms with van der Waals surface area (Å²) in [5.74, 6) is 0.325.